The minimum absolute atomic E-state index is 0.0868. The molecule has 7 nitrogen and oxygen atoms in total. The zero-order valence-electron chi connectivity index (χ0n) is 15.7. The fraction of sp³-hybridized carbons (Fsp3) is 0.0909. The van der Waals surface area contributed by atoms with E-state index in [0.717, 1.165) is 16.6 Å². The number of imidazole rings is 1. The molecule has 0 saturated carbocycles. The predicted molar refractivity (Wildman–Crippen MR) is 109 cm³/mol. The summed E-state index contributed by atoms with van der Waals surface area (Å²) in [6.45, 7) is 0.0868. The van der Waals surface area contributed by atoms with E-state index >= 15 is 0 Å². The fourth-order valence-electron chi connectivity index (χ4n) is 3.10. The summed E-state index contributed by atoms with van der Waals surface area (Å²) < 4.78 is 6.55. The molecule has 2 heterocycles. The van der Waals surface area contributed by atoms with Crippen LogP contribution in [0.2, 0.25) is 0 Å². The molecule has 0 unspecified atom stereocenters. The maximum Gasteiger partial charge on any atom is 0.337 e. The monoisotopic (exact) mass is 386 g/mol. The van der Waals surface area contributed by atoms with E-state index in [2.05, 4.69) is 20.0 Å². The summed E-state index contributed by atoms with van der Waals surface area (Å²) in [5.74, 6) is 0.0495. The second-order valence-corrected chi connectivity index (χ2v) is 6.37. The van der Waals surface area contributed by atoms with Gasteiger partial charge in [0.2, 0.25) is 5.91 Å². The van der Waals surface area contributed by atoms with Crippen LogP contribution >= 0.6 is 0 Å². The third-order valence-corrected chi connectivity index (χ3v) is 4.47. The summed E-state index contributed by atoms with van der Waals surface area (Å²) in [5.41, 5.74) is 3.52. The molecule has 0 aliphatic carbocycles. The Kier molecular flexibility index (Phi) is 5.03. The maximum absolute atomic E-state index is 12.7. The molecule has 0 fully saturated rings. The highest BCUT2D eigenvalue weighted by molar-refractivity contribution is 5.94. The van der Waals surface area contributed by atoms with E-state index in [4.69, 9.17) is 0 Å². The number of hydrogen-bond acceptors (Lipinski definition) is 5. The van der Waals surface area contributed by atoms with Crippen molar-refractivity contribution in [2.75, 3.05) is 12.4 Å². The van der Waals surface area contributed by atoms with Crippen LogP contribution in [0.25, 0.3) is 22.4 Å². The van der Waals surface area contributed by atoms with Gasteiger partial charge in [-0.3, -0.25) is 9.78 Å². The lowest BCUT2D eigenvalue weighted by atomic mass is 10.2. The van der Waals surface area contributed by atoms with Gasteiger partial charge in [-0.2, -0.15) is 0 Å². The number of benzene rings is 2. The summed E-state index contributed by atoms with van der Waals surface area (Å²) in [6.07, 6.45) is 3.42. The van der Waals surface area contributed by atoms with Crippen molar-refractivity contribution in [2.24, 2.45) is 0 Å². The van der Waals surface area contributed by atoms with Crippen LogP contribution in [-0.2, 0) is 16.1 Å². The van der Waals surface area contributed by atoms with Crippen molar-refractivity contribution in [3.63, 3.8) is 0 Å². The molecule has 0 bridgehead atoms. The third kappa shape index (κ3) is 3.84. The Morgan fingerprint density at radius 1 is 1.03 bits per heavy atom. The van der Waals surface area contributed by atoms with E-state index in [1.165, 1.54) is 7.11 Å². The number of carbonyl (C=O) groups excluding carboxylic acids is 2. The van der Waals surface area contributed by atoms with Crippen LogP contribution in [0.3, 0.4) is 0 Å². The third-order valence-electron chi connectivity index (χ3n) is 4.47. The first-order valence-electron chi connectivity index (χ1n) is 8.99. The SMILES string of the molecule is COC(=O)c1ccc(NC(=O)Cn2c(-c3cccnc3)nc3ccccc32)cc1. The highest BCUT2D eigenvalue weighted by atomic mass is 16.5. The van der Waals surface area contributed by atoms with Crippen molar-refractivity contribution < 1.29 is 14.3 Å². The van der Waals surface area contributed by atoms with E-state index in [1.54, 1.807) is 36.7 Å². The number of carbonyl (C=O) groups is 2. The first-order valence-corrected chi connectivity index (χ1v) is 8.99. The number of ether oxygens (including phenoxy) is 1. The number of nitrogens with one attached hydrogen (secondary N) is 1. The number of fused-ring (bicyclic) bond motifs is 1. The lowest BCUT2D eigenvalue weighted by Gasteiger charge is -2.10. The van der Waals surface area contributed by atoms with Crippen LogP contribution < -0.4 is 5.32 Å². The quantitative estimate of drug-likeness (QED) is 0.531. The Morgan fingerprint density at radius 2 is 1.83 bits per heavy atom. The van der Waals surface area contributed by atoms with Gasteiger partial charge in [-0.15, -0.1) is 0 Å². The molecule has 29 heavy (non-hydrogen) atoms. The van der Waals surface area contributed by atoms with Crippen molar-refractivity contribution in [3.8, 4) is 11.4 Å². The van der Waals surface area contributed by atoms with Crippen molar-refractivity contribution in [1.29, 1.82) is 0 Å². The molecule has 2 aromatic carbocycles. The highest BCUT2D eigenvalue weighted by Crippen LogP contribution is 2.24. The average molecular weight is 386 g/mol. The molecule has 0 spiro atoms. The molecule has 2 aromatic heterocycles. The molecule has 4 rings (SSSR count). The number of aromatic nitrogens is 3. The van der Waals surface area contributed by atoms with Gasteiger partial charge < -0.3 is 14.6 Å². The van der Waals surface area contributed by atoms with Gasteiger partial charge in [-0.25, -0.2) is 9.78 Å². The van der Waals surface area contributed by atoms with Gasteiger partial charge in [-0.05, 0) is 48.5 Å². The molecule has 0 radical (unpaired) electrons. The van der Waals surface area contributed by atoms with Crippen LogP contribution in [0.1, 0.15) is 10.4 Å². The Morgan fingerprint density at radius 3 is 2.55 bits per heavy atom. The van der Waals surface area contributed by atoms with Gasteiger partial charge in [0.05, 0.1) is 23.7 Å². The molecule has 0 aliphatic heterocycles. The molecule has 7 heteroatoms. The zero-order valence-corrected chi connectivity index (χ0v) is 15.7. The van der Waals surface area contributed by atoms with E-state index < -0.39 is 5.97 Å². The molecule has 4 aromatic rings. The van der Waals surface area contributed by atoms with Crippen LogP contribution in [0, 0.1) is 0 Å². The molecular weight excluding hydrogens is 368 g/mol. The smallest absolute Gasteiger partial charge is 0.337 e. The molecule has 0 aliphatic rings. The number of esters is 1. The maximum atomic E-state index is 12.7. The summed E-state index contributed by atoms with van der Waals surface area (Å²) in [6, 6.07) is 18.0. The summed E-state index contributed by atoms with van der Waals surface area (Å²) in [7, 11) is 1.33. The number of rotatable bonds is 5. The van der Waals surface area contributed by atoms with Gasteiger partial charge in [0.1, 0.15) is 12.4 Å². The van der Waals surface area contributed by atoms with Crippen molar-refractivity contribution in [2.45, 2.75) is 6.54 Å². The van der Waals surface area contributed by atoms with Gasteiger partial charge in [0, 0.05) is 23.6 Å². The average Bonchev–Trinajstić information content (AvgIpc) is 3.12. The van der Waals surface area contributed by atoms with E-state index in [0.29, 0.717) is 17.1 Å². The van der Waals surface area contributed by atoms with Crippen LogP contribution in [-0.4, -0.2) is 33.5 Å². The molecule has 1 amide bonds. The summed E-state index contributed by atoms with van der Waals surface area (Å²) in [5, 5.41) is 2.85. The zero-order chi connectivity index (χ0) is 20.2. The van der Waals surface area contributed by atoms with Crippen molar-refractivity contribution in [3.05, 3.63) is 78.6 Å². The normalized spacial score (nSPS) is 10.7. The second-order valence-electron chi connectivity index (χ2n) is 6.37. The Balaban J connectivity index is 1.60. The summed E-state index contributed by atoms with van der Waals surface area (Å²) >= 11 is 0. The van der Waals surface area contributed by atoms with Crippen LogP contribution in [0.15, 0.2) is 73.1 Å². The molecule has 0 atom stereocenters. The standard InChI is InChI=1S/C22H18N4O3/c1-29-22(28)15-8-10-17(11-9-15)24-20(27)14-26-19-7-3-2-6-18(19)25-21(26)16-5-4-12-23-13-16/h2-13H,14H2,1H3,(H,24,27). The minimum atomic E-state index is -0.422. The number of hydrogen-bond donors (Lipinski definition) is 1. The van der Waals surface area contributed by atoms with Crippen molar-refractivity contribution >= 4 is 28.6 Å². The lowest BCUT2D eigenvalue weighted by Crippen LogP contribution is -2.19. The Bertz CT molecular complexity index is 1170. The number of pyridine rings is 1. The van der Waals surface area contributed by atoms with Gasteiger partial charge in [-0.1, -0.05) is 12.1 Å². The van der Waals surface area contributed by atoms with Crippen LogP contribution in [0.5, 0.6) is 0 Å². The van der Waals surface area contributed by atoms with E-state index in [1.807, 2.05) is 41.0 Å². The predicted octanol–water partition coefficient (Wildman–Crippen LogP) is 3.52. The second kappa shape index (κ2) is 7.93. The van der Waals surface area contributed by atoms with Crippen LogP contribution in [0.4, 0.5) is 5.69 Å². The lowest BCUT2D eigenvalue weighted by molar-refractivity contribution is -0.116. The number of amides is 1. The van der Waals surface area contributed by atoms with Gasteiger partial charge in [0.15, 0.2) is 0 Å². The number of para-hydroxylation sites is 2. The van der Waals surface area contributed by atoms with E-state index in [9.17, 15) is 9.59 Å². The van der Waals surface area contributed by atoms with Gasteiger partial charge in [0.25, 0.3) is 0 Å². The number of methoxy groups -OCH3 is 1. The first-order chi connectivity index (χ1) is 14.2. The largest absolute Gasteiger partial charge is 0.465 e. The molecule has 0 saturated heterocycles. The first kappa shape index (κ1) is 18.4. The van der Waals surface area contributed by atoms with Gasteiger partial charge >= 0.3 is 5.97 Å². The molecule has 144 valence electrons. The highest BCUT2D eigenvalue weighted by Gasteiger charge is 2.15. The number of nitrogens with zero attached hydrogens (tertiary/aromatic N) is 3. The fourth-order valence-corrected chi connectivity index (χ4v) is 3.10. The molecular formula is C22H18N4O3. The van der Waals surface area contributed by atoms with E-state index in [-0.39, 0.29) is 12.5 Å². The van der Waals surface area contributed by atoms with Crippen molar-refractivity contribution in [1.82, 2.24) is 14.5 Å². The minimum Gasteiger partial charge on any atom is -0.465 e. The Labute approximate surface area is 167 Å². The number of anilines is 1. The Hall–Kier alpha value is -4.00. The summed E-state index contributed by atoms with van der Waals surface area (Å²) in [4.78, 5) is 33.1. The topological polar surface area (TPSA) is 86.1 Å². The molecule has 1 N–H and O–H groups in total.